The Morgan fingerprint density at radius 1 is 1.24 bits per heavy atom. The minimum atomic E-state index is 0.0190. The highest BCUT2D eigenvalue weighted by Crippen LogP contribution is 2.36. The molecule has 2 aromatic carbocycles. The van der Waals surface area contributed by atoms with Crippen LogP contribution >= 0.6 is 15.9 Å². The normalized spacial score (nSPS) is 17.6. The fraction of sp³-hybridized carbons (Fsp3) is 0.235. The topological polar surface area (TPSA) is 32.3 Å². The lowest BCUT2D eigenvalue weighted by Gasteiger charge is -2.32. The Hall–Kier alpha value is -1.81. The number of nitrogens with zero attached hydrogens (tertiary/aromatic N) is 1. The van der Waals surface area contributed by atoms with Gasteiger partial charge in [0, 0.05) is 22.9 Å². The number of fused-ring (bicyclic) bond motifs is 1. The van der Waals surface area contributed by atoms with Gasteiger partial charge in [0.2, 0.25) is 5.91 Å². The van der Waals surface area contributed by atoms with Crippen LogP contribution in [0.2, 0.25) is 0 Å². The number of anilines is 2. The van der Waals surface area contributed by atoms with Gasteiger partial charge in [0.25, 0.3) is 0 Å². The highest BCUT2D eigenvalue weighted by atomic mass is 79.9. The van der Waals surface area contributed by atoms with Gasteiger partial charge in [0.05, 0.1) is 12.5 Å². The van der Waals surface area contributed by atoms with Crippen LogP contribution in [0.15, 0.2) is 46.9 Å². The van der Waals surface area contributed by atoms with E-state index in [2.05, 4.69) is 40.3 Å². The van der Waals surface area contributed by atoms with Gasteiger partial charge in [-0.15, -0.1) is 0 Å². The van der Waals surface area contributed by atoms with Crippen LogP contribution < -0.4 is 10.2 Å². The Balaban J connectivity index is 1.93. The molecule has 0 radical (unpaired) electrons. The summed E-state index contributed by atoms with van der Waals surface area (Å²) in [6.07, 6.45) is 0.475. The molecule has 2 aromatic rings. The first-order valence-electron chi connectivity index (χ1n) is 6.94. The summed E-state index contributed by atoms with van der Waals surface area (Å²) >= 11 is 3.51. The van der Waals surface area contributed by atoms with Crippen LogP contribution in [0.5, 0.6) is 0 Å². The van der Waals surface area contributed by atoms with Crippen molar-refractivity contribution in [3.63, 3.8) is 0 Å². The summed E-state index contributed by atoms with van der Waals surface area (Å²) in [4.78, 5) is 13.9. The van der Waals surface area contributed by atoms with Crippen molar-refractivity contribution in [3.05, 3.63) is 58.1 Å². The molecule has 1 aliphatic heterocycles. The van der Waals surface area contributed by atoms with Crippen molar-refractivity contribution in [3.8, 4) is 0 Å². The minimum absolute atomic E-state index is 0.0190. The third-order valence-corrected chi connectivity index (χ3v) is 4.81. The van der Waals surface area contributed by atoms with Crippen LogP contribution in [-0.2, 0) is 4.79 Å². The summed E-state index contributed by atoms with van der Waals surface area (Å²) in [6.45, 7) is 2.06. The summed E-state index contributed by atoms with van der Waals surface area (Å²) < 4.78 is 1.09. The van der Waals surface area contributed by atoms with Gasteiger partial charge in [-0.2, -0.15) is 0 Å². The van der Waals surface area contributed by atoms with E-state index in [-0.39, 0.29) is 11.9 Å². The van der Waals surface area contributed by atoms with Gasteiger partial charge < -0.3 is 10.2 Å². The van der Waals surface area contributed by atoms with Crippen LogP contribution in [0.25, 0.3) is 0 Å². The molecule has 1 unspecified atom stereocenters. The zero-order chi connectivity index (χ0) is 15.0. The number of aryl methyl sites for hydroxylation is 1. The molecule has 1 amide bonds. The summed E-state index contributed by atoms with van der Waals surface area (Å²) in [7, 11) is 1.83. The van der Waals surface area contributed by atoms with E-state index in [1.54, 1.807) is 4.90 Å². The fourth-order valence-corrected chi connectivity index (χ4v) is 2.95. The first-order chi connectivity index (χ1) is 10.1. The van der Waals surface area contributed by atoms with Gasteiger partial charge in [0.15, 0.2) is 0 Å². The van der Waals surface area contributed by atoms with Gasteiger partial charge >= 0.3 is 0 Å². The lowest BCUT2D eigenvalue weighted by atomic mass is 9.96. The Morgan fingerprint density at radius 3 is 2.76 bits per heavy atom. The molecule has 0 saturated heterocycles. The minimum Gasteiger partial charge on any atom is -0.378 e. The number of benzene rings is 2. The number of carbonyl (C=O) groups is 1. The highest BCUT2D eigenvalue weighted by Gasteiger charge is 2.28. The highest BCUT2D eigenvalue weighted by molar-refractivity contribution is 9.10. The molecule has 0 aromatic heterocycles. The Morgan fingerprint density at radius 2 is 2.00 bits per heavy atom. The second kappa shape index (κ2) is 5.53. The number of halogens is 1. The third-order valence-electron chi connectivity index (χ3n) is 3.93. The third kappa shape index (κ3) is 2.68. The molecule has 108 valence electrons. The monoisotopic (exact) mass is 344 g/mol. The van der Waals surface area contributed by atoms with Crippen molar-refractivity contribution >= 4 is 33.2 Å². The van der Waals surface area contributed by atoms with E-state index in [0.29, 0.717) is 6.42 Å². The zero-order valence-electron chi connectivity index (χ0n) is 12.1. The molecular weight excluding hydrogens is 328 g/mol. The molecule has 0 fully saturated rings. The molecule has 1 atom stereocenters. The van der Waals surface area contributed by atoms with E-state index >= 15 is 0 Å². The van der Waals surface area contributed by atoms with E-state index in [4.69, 9.17) is 0 Å². The summed E-state index contributed by atoms with van der Waals surface area (Å²) in [5.74, 6) is 0.139. The lowest BCUT2D eigenvalue weighted by molar-refractivity contribution is -0.118. The molecule has 1 aliphatic rings. The van der Waals surface area contributed by atoms with Gasteiger partial charge in [-0.1, -0.05) is 34.1 Å². The largest absolute Gasteiger partial charge is 0.378 e. The molecule has 4 heteroatoms. The maximum absolute atomic E-state index is 12.2. The molecule has 0 saturated carbocycles. The molecule has 0 bridgehead atoms. The number of hydrogen-bond acceptors (Lipinski definition) is 2. The fourth-order valence-electron chi connectivity index (χ4n) is 2.71. The Kier molecular flexibility index (Phi) is 3.72. The molecule has 3 nitrogen and oxygen atoms in total. The Bertz CT molecular complexity index is 699. The van der Waals surface area contributed by atoms with Crippen molar-refractivity contribution in [2.45, 2.75) is 19.4 Å². The quantitative estimate of drug-likeness (QED) is 0.881. The van der Waals surface area contributed by atoms with Crippen molar-refractivity contribution in [2.75, 3.05) is 17.3 Å². The molecule has 3 rings (SSSR count). The number of amides is 1. The molecule has 0 aliphatic carbocycles. The first-order valence-corrected chi connectivity index (χ1v) is 7.74. The van der Waals surface area contributed by atoms with Crippen molar-refractivity contribution < 1.29 is 4.79 Å². The molecule has 0 spiro atoms. The zero-order valence-corrected chi connectivity index (χ0v) is 13.6. The predicted molar refractivity (Wildman–Crippen MR) is 89.7 cm³/mol. The maximum atomic E-state index is 12.2. The smallest absolute Gasteiger partial charge is 0.229 e. The van der Waals surface area contributed by atoms with E-state index in [0.717, 1.165) is 15.8 Å². The second-order valence-corrected chi connectivity index (χ2v) is 6.23. The van der Waals surface area contributed by atoms with Gasteiger partial charge in [-0.25, -0.2) is 0 Å². The van der Waals surface area contributed by atoms with E-state index in [9.17, 15) is 4.79 Å². The van der Waals surface area contributed by atoms with Crippen LogP contribution in [0, 0.1) is 6.92 Å². The molecular formula is C17H17BrN2O. The number of carbonyl (C=O) groups excluding carboxylic acids is 1. The molecule has 1 heterocycles. The number of para-hydroxylation sites is 1. The number of rotatable bonds is 2. The van der Waals surface area contributed by atoms with Gasteiger partial charge in [-0.3, -0.25) is 4.79 Å². The van der Waals surface area contributed by atoms with E-state index in [1.165, 1.54) is 11.1 Å². The average molecular weight is 345 g/mol. The maximum Gasteiger partial charge on any atom is 0.229 e. The lowest BCUT2D eigenvalue weighted by Crippen LogP contribution is -2.35. The second-order valence-electron chi connectivity index (χ2n) is 5.38. The van der Waals surface area contributed by atoms with E-state index < -0.39 is 0 Å². The standard InChI is InChI=1S/C17H17BrN2O/c1-11-9-12(7-8-14(11)18)19-15-10-17(21)20(2)16-6-4-3-5-13(15)16/h3-9,15,19H,10H2,1-2H3. The van der Waals surface area contributed by atoms with Crippen LogP contribution in [-0.4, -0.2) is 13.0 Å². The van der Waals surface area contributed by atoms with Gasteiger partial charge in [0.1, 0.15) is 0 Å². The Labute approximate surface area is 133 Å². The first kappa shape index (κ1) is 14.1. The number of hydrogen-bond donors (Lipinski definition) is 1. The summed E-state index contributed by atoms with van der Waals surface area (Å²) in [5, 5.41) is 3.49. The van der Waals surface area contributed by atoms with Crippen molar-refractivity contribution in [1.82, 2.24) is 0 Å². The average Bonchev–Trinajstić information content (AvgIpc) is 2.48. The summed E-state index contributed by atoms with van der Waals surface area (Å²) in [5.41, 5.74) is 4.36. The predicted octanol–water partition coefficient (Wildman–Crippen LogP) is 4.28. The van der Waals surface area contributed by atoms with Crippen LogP contribution in [0.1, 0.15) is 23.6 Å². The SMILES string of the molecule is Cc1cc(NC2CC(=O)N(C)c3ccccc32)ccc1Br. The van der Waals surface area contributed by atoms with Gasteiger partial charge in [-0.05, 0) is 42.3 Å². The number of nitrogens with one attached hydrogen (secondary N) is 1. The molecule has 21 heavy (non-hydrogen) atoms. The molecule has 1 N–H and O–H groups in total. The summed E-state index contributed by atoms with van der Waals surface area (Å²) in [6, 6.07) is 14.2. The van der Waals surface area contributed by atoms with E-state index in [1.807, 2.05) is 37.4 Å². The van der Waals surface area contributed by atoms with Crippen molar-refractivity contribution in [2.24, 2.45) is 0 Å². The van der Waals surface area contributed by atoms with Crippen LogP contribution in [0.4, 0.5) is 11.4 Å². The van der Waals surface area contributed by atoms with Crippen LogP contribution in [0.3, 0.4) is 0 Å². The van der Waals surface area contributed by atoms with Crippen molar-refractivity contribution in [1.29, 1.82) is 0 Å².